The summed E-state index contributed by atoms with van der Waals surface area (Å²) in [5, 5.41) is 0. The molecule has 1 rings (SSSR count). The molecule has 1 aliphatic heterocycles. The van der Waals surface area contributed by atoms with Crippen molar-refractivity contribution in [1.82, 2.24) is 0 Å². The van der Waals surface area contributed by atoms with Gasteiger partial charge in [-0.3, -0.25) is 0 Å². The first kappa shape index (κ1) is 9.37. The van der Waals surface area contributed by atoms with Crippen molar-refractivity contribution in [2.45, 2.75) is 0 Å². The Hall–Kier alpha value is -0.630. The Morgan fingerprint density at radius 2 is 2.30 bits per heavy atom. The van der Waals surface area contributed by atoms with Crippen molar-refractivity contribution in [2.75, 3.05) is 6.54 Å². The van der Waals surface area contributed by atoms with Crippen LogP contribution in [0.4, 0.5) is 0 Å². The van der Waals surface area contributed by atoms with E-state index >= 15 is 0 Å². The van der Waals surface area contributed by atoms with E-state index in [-0.39, 0.29) is 17.0 Å². The quantitative estimate of drug-likeness (QED) is 0.446. The van der Waals surface area contributed by atoms with Crippen LogP contribution in [0, 0.1) is 0 Å². The van der Waals surface area contributed by atoms with Gasteiger partial charge >= 0.3 is 0 Å². The molecule has 0 aromatic rings. The van der Waals surface area contributed by atoms with Gasteiger partial charge in [0.2, 0.25) is 0 Å². The van der Waals surface area contributed by atoms with Crippen LogP contribution in [0.5, 0.6) is 0 Å². The minimum atomic E-state index is 0. The second-order valence-corrected chi connectivity index (χ2v) is 2.00. The zero-order chi connectivity index (χ0) is 6.69. The lowest BCUT2D eigenvalue weighted by molar-refractivity contribution is -0.437. The van der Waals surface area contributed by atoms with Crippen molar-refractivity contribution in [3.63, 3.8) is 0 Å². The van der Waals surface area contributed by atoms with Crippen LogP contribution in [-0.2, 0) is 0 Å². The third-order valence-corrected chi connectivity index (χ3v) is 1.28. The molecule has 0 N–H and O–H groups in total. The first-order chi connectivity index (χ1) is 4.33. The molecule has 0 saturated heterocycles. The average Bonchev–Trinajstić information content (AvgIpc) is 1.90. The zero-order valence-electron chi connectivity index (χ0n) is 5.76. The van der Waals surface area contributed by atoms with E-state index in [0.717, 1.165) is 6.54 Å². The molecular weight excluding hydrogens is 190 g/mol. The Morgan fingerprint density at radius 1 is 1.60 bits per heavy atom. The summed E-state index contributed by atoms with van der Waals surface area (Å²) in [4.78, 5) is 0. The minimum absolute atomic E-state index is 0. The van der Waals surface area contributed by atoms with Crippen molar-refractivity contribution < 1.29 is 21.6 Å². The predicted octanol–water partition coefficient (Wildman–Crippen LogP) is -1.66. The van der Waals surface area contributed by atoms with Crippen LogP contribution in [0.1, 0.15) is 0 Å². The monoisotopic (exact) mass is 199 g/mol. The van der Waals surface area contributed by atoms with Crippen LogP contribution in [0.15, 0.2) is 36.6 Å². The molecule has 2 heteroatoms. The van der Waals surface area contributed by atoms with E-state index in [4.69, 9.17) is 0 Å². The standard InChI is InChI=1S/C8H10N.BrH/c1-3-8-4-6-9(2)7-5-8;/h3-6H,1-2,7H2;1H/q+1;/p-1. The van der Waals surface area contributed by atoms with Crippen molar-refractivity contribution in [1.29, 1.82) is 0 Å². The van der Waals surface area contributed by atoms with E-state index in [9.17, 15) is 0 Å². The number of hydrogen-bond acceptors (Lipinski definition) is 0. The fourth-order valence-corrected chi connectivity index (χ4v) is 0.694. The Balaban J connectivity index is 0.000000810. The van der Waals surface area contributed by atoms with E-state index in [2.05, 4.69) is 19.4 Å². The second kappa shape index (κ2) is 4.23. The number of halogens is 1. The number of hydrogen-bond donors (Lipinski definition) is 0. The molecular formula is C8H10BrN. The Labute approximate surface area is 71.8 Å². The predicted molar refractivity (Wildman–Crippen MR) is 39.7 cm³/mol. The lowest BCUT2D eigenvalue weighted by Gasteiger charge is -1.97. The first-order valence-corrected chi connectivity index (χ1v) is 2.91. The van der Waals surface area contributed by atoms with E-state index in [1.807, 2.05) is 22.9 Å². The molecule has 0 saturated carbocycles. The molecule has 0 aromatic carbocycles. The Bertz CT molecular complexity index is 201. The Kier molecular flexibility index (Phi) is 3.96. The molecule has 0 fully saturated rings. The highest BCUT2D eigenvalue weighted by atomic mass is 79.9. The second-order valence-electron chi connectivity index (χ2n) is 2.00. The van der Waals surface area contributed by atoms with Gasteiger partial charge in [0.15, 0.2) is 12.7 Å². The molecule has 0 amide bonds. The molecule has 0 aromatic heterocycles. The van der Waals surface area contributed by atoms with Gasteiger partial charge in [-0.05, 0) is 11.6 Å². The maximum Gasteiger partial charge on any atom is 0.169 e. The highest BCUT2D eigenvalue weighted by Crippen LogP contribution is 2.02. The van der Waals surface area contributed by atoms with Gasteiger partial charge in [0.05, 0.1) is 0 Å². The van der Waals surface area contributed by atoms with Crippen molar-refractivity contribution in [2.24, 2.45) is 0 Å². The average molecular weight is 200 g/mol. The molecule has 1 nitrogen and oxygen atoms in total. The summed E-state index contributed by atoms with van der Waals surface area (Å²) in [6, 6.07) is 0. The largest absolute Gasteiger partial charge is 1.00 e. The molecule has 54 valence electrons. The first-order valence-electron chi connectivity index (χ1n) is 2.91. The fraction of sp³-hybridized carbons (Fsp3) is 0.125. The van der Waals surface area contributed by atoms with Crippen molar-refractivity contribution in [3.05, 3.63) is 36.6 Å². The highest BCUT2D eigenvalue weighted by Gasteiger charge is 1.98. The van der Waals surface area contributed by atoms with Crippen LogP contribution in [-0.4, -0.2) is 17.8 Å². The summed E-state index contributed by atoms with van der Waals surface area (Å²) in [6.45, 7) is 8.27. The molecule has 1 heterocycles. The molecule has 10 heavy (non-hydrogen) atoms. The van der Waals surface area contributed by atoms with Crippen LogP contribution in [0.2, 0.25) is 0 Å². The van der Waals surface area contributed by atoms with E-state index < -0.39 is 0 Å². The molecule has 0 unspecified atom stereocenters. The van der Waals surface area contributed by atoms with Crippen molar-refractivity contribution in [3.8, 4) is 0 Å². The van der Waals surface area contributed by atoms with Gasteiger partial charge in [-0.25, -0.2) is 4.58 Å². The summed E-state index contributed by atoms with van der Waals surface area (Å²) in [7, 11) is 0. The van der Waals surface area contributed by atoms with E-state index in [1.54, 1.807) is 0 Å². The maximum absolute atomic E-state index is 3.73. The minimum Gasteiger partial charge on any atom is -1.00 e. The van der Waals surface area contributed by atoms with Crippen LogP contribution in [0.3, 0.4) is 0 Å². The van der Waals surface area contributed by atoms with Crippen LogP contribution >= 0.6 is 0 Å². The molecule has 0 spiro atoms. The van der Waals surface area contributed by atoms with Gasteiger partial charge in [-0.1, -0.05) is 12.7 Å². The number of nitrogens with zero attached hydrogens (tertiary/aromatic N) is 1. The van der Waals surface area contributed by atoms with E-state index in [1.165, 1.54) is 5.57 Å². The van der Waals surface area contributed by atoms with Crippen LogP contribution < -0.4 is 17.0 Å². The summed E-state index contributed by atoms with van der Waals surface area (Å²) in [5.74, 6) is 0. The zero-order valence-corrected chi connectivity index (χ0v) is 7.34. The molecule has 0 atom stereocenters. The van der Waals surface area contributed by atoms with Gasteiger partial charge < -0.3 is 17.0 Å². The van der Waals surface area contributed by atoms with Gasteiger partial charge in [-0.2, -0.15) is 0 Å². The van der Waals surface area contributed by atoms with Gasteiger partial charge in [0.25, 0.3) is 0 Å². The van der Waals surface area contributed by atoms with Crippen LogP contribution in [0.25, 0.3) is 0 Å². The summed E-state index contributed by atoms with van der Waals surface area (Å²) in [6.07, 6.45) is 7.85. The molecule has 0 aliphatic carbocycles. The Morgan fingerprint density at radius 3 is 2.70 bits per heavy atom. The maximum atomic E-state index is 3.73. The third-order valence-electron chi connectivity index (χ3n) is 1.28. The smallest absolute Gasteiger partial charge is 0.169 e. The molecule has 0 bridgehead atoms. The number of allylic oxidation sites excluding steroid dienone is 3. The summed E-state index contributed by atoms with van der Waals surface area (Å²) >= 11 is 0. The van der Waals surface area contributed by atoms with Gasteiger partial charge in [-0.15, -0.1) is 0 Å². The van der Waals surface area contributed by atoms with Gasteiger partial charge in [0, 0.05) is 6.08 Å². The SMILES string of the molecule is C=CC1=CC[N+](=C)C=C1.[Br-]. The highest BCUT2D eigenvalue weighted by molar-refractivity contribution is 5.30. The lowest BCUT2D eigenvalue weighted by atomic mass is 10.2. The summed E-state index contributed by atoms with van der Waals surface area (Å²) in [5.41, 5.74) is 1.18. The van der Waals surface area contributed by atoms with Gasteiger partial charge in [0.1, 0.15) is 6.72 Å². The lowest BCUT2D eigenvalue weighted by Crippen LogP contribution is -3.00. The van der Waals surface area contributed by atoms with Crippen molar-refractivity contribution >= 4 is 6.72 Å². The normalized spacial score (nSPS) is 15.6. The third kappa shape index (κ3) is 2.31. The molecule has 1 aliphatic rings. The fourth-order valence-electron chi connectivity index (χ4n) is 0.694. The van der Waals surface area contributed by atoms with E-state index in [0.29, 0.717) is 0 Å². The topological polar surface area (TPSA) is 3.01 Å². The number of rotatable bonds is 1. The molecule has 0 radical (unpaired) electrons. The summed E-state index contributed by atoms with van der Waals surface area (Å²) < 4.78 is 1.87.